The lowest BCUT2D eigenvalue weighted by molar-refractivity contribution is 0.538. The van der Waals surface area contributed by atoms with E-state index in [0.717, 1.165) is 28.7 Å². The maximum absolute atomic E-state index is 2.56. The first kappa shape index (κ1) is 19.2. The Kier molecular flexibility index (Phi) is 6.87. The lowest BCUT2D eigenvalue weighted by atomic mass is 9.47. The van der Waals surface area contributed by atoms with Crippen LogP contribution in [0.15, 0.2) is 0 Å². The molecule has 0 aliphatic carbocycles. The molecule has 0 radical (unpaired) electrons. The van der Waals surface area contributed by atoms with Gasteiger partial charge >= 0.3 is 0 Å². The molecular weight excluding hydrogens is 304 g/mol. The molecule has 0 aromatic rings. The van der Waals surface area contributed by atoms with Gasteiger partial charge in [0, 0.05) is 0 Å². The highest BCUT2D eigenvalue weighted by atomic mass is 31.2. The molecule has 2 aliphatic heterocycles. The average molecular weight is 340 g/mol. The molecular formula is C16H36B2N2P2. The van der Waals surface area contributed by atoms with Gasteiger partial charge in [-0.15, -0.1) is 15.6 Å². The van der Waals surface area contributed by atoms with Crippen LogP contribution in [0.4, 0.5) is 0 Å². The van der Waals surface area contributed by atoms with Crippen LogP contribution in [0.25, 0.3) is 0 Å². The molecule has 2 aliphatic rings. The van der Waals surface area contributed by atoms with Crippen LogP contribution < -0.4 is 0 Å². The molecule has 0 unspecified atom stereocenters. The standard InChI is InChI=1S/C16H36B2N2P2/c1-13-9-10-14(2)21(13)18(17(19(5)6)20(7)8)22-15(3)11-12-16(22)4/h13-16H,9-12H2,1-8H3/t13-,14-,15-,16-/m1/s1. The topological polar surface area (TPSA) is 6.48 Å². The van der Waals surface area contributed by atoms with Crippen LogP contribution >= 0.6 is 15.6 Å². The van der Waals surface area contributed by atoms with Crippen molar-refractivity contribution in [2.24, 2.45) is 0 Å². The van der Waals surface area contributed by atoms with Crippen molar-refractivity contribution in [3.8, 4) is 0 Å². The fourth-order valence-corrected chi connectivity index (χ4v) is 16.2. The predicted octanol–water partition coefficient (Wildman–Crippen LogP) is 4.27. The molecule has 2 fully saturated rings. The maximum Gasteiger partial charge on any atom is 0.281 e. The van der Waals surface area contributed by atoms with Crippen molar-refractivity contribution in [3.63, 3.8) is 0 Å². The molecule has 0 N–H and O–H groups in total. The first-order chi connectivity index (χ1) is 10.3. The van der Waals surface area contributed by atoms with Gasteiger partial charge < -0.3 is 9.62 Å². The molecule has 2 heterocycles. The minimum absolute atomic E-state index is 0.146. The Morgan fingerprint density at radius 1 is 0.636 bits per heavy atom. The van der Waals surface area contributed by atoms with Crippen LogP contribution in [0.1, 0.15) is 53.4 Å². The van der Waals surface area contributed by atoms with E-state index < -0.39 is 0 Å². The largest absolute Gasteiger partial charge is 0.339 e. The second-order valence-electron chi connectivity index (χ2n) is 8.20. The lowest BCUT2D eigenvalue weighted by Crippen LogP contribution is -2.57. The van der Waals surface area contributed by atoms with E-state index >= 15 is 0 Å². The first-order valence-electron chi connectivity index (χ1n) is 9.13. The van der Waals surface area contributed by atoms with Crippen molar-refractivity contribution < 1.29 is 0 Å². The molecule has 126 valence electrons. The van der Waals surface area contributed by atoms with Gasteiger partial charge in [-0.05, 0) is 76.5 Å². The van der Waals surface area contributed by atoms with Gasteiger partial charge in [0.05, 0.1) is 0 Å². The second-order valence-corrected chi connectivity index (χ2v) is 15.0. The van der Waals surface area contributed by atoms with E-state index in [1.807, 2.05) is 0 Å². The molecule has 0 aromatic heterocycles. The van der Waals surface area contributed by atoms with Crippen molar-refractivity contribution >= 4 is 28.5 Å². The molecule has 0 bridgehead atoms. The average Bonchev–Trinajstić information content (AvgIpc) is 2.90. The van der Waals surface area contributed by atoms with Crippen molar-refractivity contribution in [2.75, 3.05) is 28.2 Å². The van der Waals surface area contributed by atoms with Gasteiger partial charge in [0.1, 0.15) is 0 Å². The van der Waals surface area contributed by atoms with Gasteiger partial charge in [0.15, 0.2) is 0 Å². The van der Waals surface area contributed by atoms with E-state index in [4.69, 9.17) is 0 Å². The summed E-state index contributed by atoms with van der Waals surface area (Å²) in [6.07, 6.45) is 5.90. The van der Waals surface area contributed by atoms with E-state index in [-0.39, 0.29) is 15.6 Å². The number of rotatable bonds is 5. The predicted molar refractivity (Wildman–Crippen MR) is 109 cm³/mol. The zero-order chi connectivity index (χ0) is 16.6. The molecule has 4 atom stereocenters. The van der Waals surface area contributed by atoms with Crippen molar-refractivity contribution in [1.82, 2.24) is 9.62 Å². The zero-order valence-electron chi connectivity index (χ0n) is 16.1. The summed E-state index contributed by atoms with van der Waals surface area (Å²) >= 11 is 0. The van der Waals surface area contributed by atoms with Crippen LogP contribution in [0.3, 0.4) is 0 Å². The quantitative estimate of drug-likeness (QED) is 0.545. The fourth-order valence-electron chi connectivity index (χ4n) is 4.93. The third kappa shape index (κ3) is 3.77. The monoisotopic (exact) mass is 340 g/mol. The van der Waals surface area contributed by atoms with Crippen molar-refractivity contribution in [3.05, 3.63) is 0 Å². The summed E-state index contributed by atoms with van der Waals surface area (Å²) in [5, 5.41) is 0. The summed E-state index contributed by atoms with van der Waals surface area (Å²) in [5.41, 5.74) is 3.89. The van der Waals surface area contributed by atoms with Gasteiger partial charge in [0.2, 0.25) is 6.04 Å². The van der Waals surface area contributed by atoms with Crippen LogP contribution in [0.5, 0.6) is 0 Å². The normalized spacial score (nSPS) is 34.1. The Morgan fingerprint density at radius 2 is 0.909 bits per heavy atom. The van der Waals surface area contributed by atoms with Crippen LogP contribution in [-0.4, -0.2) is 73.4 Å². The number of hydrogen-bond acceptors (Lipinski definition) is 2. The third-order valence-corrected chi connectivity index (χ3v) is 14.4. The molecule has 2 rings (SSSR count). The Bertz CT molecular complexity index is 315. The fraction of sp³-hybridized carbons (Fsp3) is 1.00. The highest BCUT2D eigenvalue weighted by molar-refractivity contribution is 8.28. The van der Waals surface area contributed by atoms with E-state index in [2.05, 4.69) is 65.5 Å². The van der Waals surface area contributed by atoms with E-state index in [9.17, 15) is 0 Å². The summed E-state index contributed by atoms with van der Waals surface area (Å²) in [6.45, 7) is 10.9. The number of hydrogen-bond donors (Lipinski definition) is 0. The van der Waals surface area contributed by atoms with Gasteiger partial charge in [-0.25, -0.2) is 0 Å². The van der Waals surface area contributed by atoms with Crippen molar-refractivity contribution in [1.29, 1.82) is 0 Å². The molecule has 0 aromatic carbocycles. The molecule has 0 saturated carbocycles. The maximum atomic E-state index is 2.56. The van der Waals surface area contributed by atoms with Gasteiger partial charge in [-0.2, -0.15) is 0 Å². The zero-order valence-corrected chi connectivity index (χ0v) is 17.9. The summed E-state index contributed by atoms with van der Waals surface area (Å²) in [4.78, 5) is 5.04. The summed E-state index contributed by atoms with van der Waals surface area (Å²) in [6, 6.07) is 0.940. The minimum Gasteiger partial charge on any atom is -0.339 e. The highest BCUT2D eigenvalue weighted by Crippen LogP contribution is 2.71. The highest BCUT2D eigenvalue weighted by Gasteiger charge is 2.53. The summed E-state index contributed by atoms with van der Waals surface area (Å²) in [5.74, 6) is 0. The first-order valence-corrected chi connectivity index (χ1v) is 12.2. The summed E-state index contributed by atoms with van der Waals surface area (Å²) in [7, 11) is 9.51. The molecule has 6 heteroatoms. The van der Waals surface area contributed by atoms with Crippen molar-refractivity contribution in [2.45, 2.75) is 76.0 Å². The minimum atomic E-state index is 0.146. The van der Waals surface area contributed by atoms with Crippen LogP contribution in [-0.2, 0) is 0 Å². The molecule has 0 spiro atoms. The molecule has 2 saturated heterocycles. The molecule has 0 amide bonds. The Balaban J connectivity index is 2.39. The van der Waals surface area contributed by atoms with Crippen LogP contribution in [0.2, 0.25) is 0 Å². The van der Waals surface area contributed by atoms with E-state index in [1.54, 1.807) is 0 Å². The van der Waals surface area contributed by atoms with Crippen LogP contribution in [0, 0.1) is 0 Å². The van der Waals surface area contributed by atoms with E-state index in [1.165, 1.54) is 25.7 Å². The molecule has 22 heavy (non-hydrogen) atoms. The van der Waals surface area contributed by atoms with Gasteiger partial charge in [0.25, 0.3) is 6.87 Å². The van der Waals surface area contributed by atoms with Gasteiger partial charge in [-0.3, -0.25) is 0 Å². The number of nitrogens with zero attached hydrogens (tertiary/aromatic N) is 2. The smallest absolute Gasteiger partial charge is 0.281 e. The summed E-state index contributed by atoms with van der Waals surface area (Å²) < 4.78 is 0. The Morgan fingerprint density at radius 3 is 1.14 bits per heavy atom. The third-order valence-electron chi connectivity index (χ3n) is 5.98. The Hall–Kier alpha value is 0.910. The van der Waals surface area contributed by atoms with Gasteiger partial charge in [-0.1, -0.05) is 27.7 Å². The molecule has 2 nitrogen and oxygen atoms in total. The lowest BCUT2D eigenvalue weighted by Gasteiger charge is -2.44. The SMILES string of the molecule is C[C@@H]1CC[C@@H](C)P1B(B(N(C)C)N(C)C)P1[C@H](C)CC[C@H]1C. The second kappa shape index (κ2) is 7.86. The Labute approximate surface area is 142 Å². The van der Waals surface area contributed by atoms with E-state index in [0.29, 0.717) is 6.87 Å².